The average Bonchev–Trinajstić information content (AvgIpc) is 2.82. The Hall–Kier alpha value is -1.86. The number of nitrogens with one attached hydrogen (secondary N) is 1. The van der Waals surface area contributed by atoms with E-state index in [2.05, 4.69) is 18.0 Å². The summed E-state index contributed by atoms with van der Waals surface area (Å²) in [5.41, 5.74) is 2.97. The summed E-state index contributed by atoms with van der Waals surface area (Å²) in [6.45, 7) is 2.73. The number of nitrogens with zero attached hydrogens (tertiary/aromatic N) is 1. The summed E-state index contributed by atoms with van der Waals surface area (Å²) < 4.78 is 19.7. The summed E-state index contributed by atoms with van der Waals surface area (Å²) in [5.74, 6) is -0.307. The van der Waals surface area contributed by atoms with E-state index < -0.39 is 0 Å². The van der Waals surface area contributed by atoms with Gasteiger partial charge in [0, 0.05) is 11.1 Å². The number of fused-ring (bicyclic) bond motifs is 3. The van der Waals surface area contributed by atoms with E-state index in [1.807, 2.05) is 0 Å². The minimum Gasteiger partial charge on any atom is -0.372 e. The van der Waals surface area contributed by atoms with Crippen LogP contribution in [-0.2, 0) is 11.2 Å². The van der Waals surface area contributed by atoms with Gasteiger partial charge in [-0.05, 0) is 30.5 Å². The Morgan fingerprint density at radius 2 is 2.37 bits per heavy atom. The van der Waals surface area contributed by atoms with E-state index in [-0.39, 0.29) is 11.9 Å². The standard InChI is InChI=1S/C15H15FN2O/c1-2-3-12-14-10(6-7-19-12)13-9(8-17)4-5-11(16)15(13)18-14/h4-5,12,18H,2-3,6-7H2,1H3/t12-/m1/s1. The van der Waals surface area contributed by atoms with Crippen molar-refractivity contribution in [1.29, 1.82) is 5.26 Å². The van der Waals surface area contributed by atoms with Gasteiger partial charge >= 0.3 is 0 Å². The second kappa shape index (κ2) is 4.67. The molecule has 1 N–H and O–H groups in total. The van der Waals surface area contributed by atoms with Gasteiger partial charge in [0.25, 0.3) is 0 Å². The van der Waals surface area contributed by atoms with E-state index >= 15 is 0 Å². The molecule has 0 fully saturated rings. The highest BCUT2D eigenvalue weighted by molar-refractivity contribution is 5.90. The van der Waals surface area contributed by atoms with Gasteiger partial charge in [0.15, 0.2) is 0 Å². The number of H-pyrrole nitrogens is 1. The molecule has 0 aliphatic carbocycles. The number of aromatic nitrogens is 1. The van der Waals surface area contributed by atoms with E-state index in [0.717, 1.165) is 35.9 Å². The molecule has 98 valence electrons. The highest BCUT2D eigenvalue weighted by Crippen LogP contribution is 2.37. The van der Waals surface area contributed by atoms with Crippen molar-refractivity contribution in [2.45, 2.75) is 32.3 Å². The first kappa shape index (κ1) is 12.2. The van der Waals surface area contributed by atoms with E-state index in [0.29, 0.717) is 17.7 Å². The van der Waals surface area contributed by atoms with Crippen LogP contribution in [0, 0.1) is 17.1 Å². The van der Waals surface area contributed by atoms with Gasteiger partial charge in [-0.1, -0.05) is 13.3 Å². The number of aromatic amines is 1. The molecule has 3 nitrogen and oxygen atoms in total. The molecule has 2 heterocycles. The molecule has 0 saturated heterocycles. The first-order valence-corrected chi connectivity index (χ1v) is 6.61. The summed E-state index contributed by atoms with van der Waals surface area (Å²) >= 11 is 0. The van der Waals surface area contributed by atoms with Crippen LogP contribution in [0.4, 0.5) is 4.39 Å². The topological polar surface area (TPSA) is 48.8 Å². The van der Waals surface area contributed by atoms with E-state index in [1.165, 1.54) is 6.07 Å². The molecule has 0 unspecified atom stereocenters. The molecular formula is C15H15FN2O. The van der Waals surface area contributed by atoms with E-state index in [9.17, 15) is 9.65 Å². The Kier molecular flexibility index (Phi) is 3.00. The van der Waals surface area contributed by atoms with Crippen molar-refractivity contribution in [3.05, 3.63) is 34.8 Å². The molecule has 0 amide bonds. The maximum atomic E-state index is 13.9. The first-order chi connectivity index (χ1) is 9.26. The summed E-state index contributed by atoms with van der Waals surface area (Å²) in [5, 5.41) is 9.94. The van der Waals surface area contributed by atoms with Crippen molar-refractivity contribution in [1.82, 2.24) is 4.98 Å². The van der Waals surface area contributed by atoms with E-state index in [4.69, 9.17) is 4.74 Å². The van der Waals surface area contributed by atoms with Gasteiger partial charge in [0.2, 0.25) is 0 Å². The Bertz CT molecular complexity index is 669. The number of benzene rings is 1. The van der Waals surface area contributed by atoms with E-state index in [1.54, 1.807) is 6.07 Å². The molecule has 1 aromatic heterocycles. The average molecular weight is 258 g/mol. The highest BCUT2D eigenvalue weighted by Gasteiger charge is 2.26. The monoisotopic (exact) mass is 258 g/mol. The van der Waals surface area contributed by atoms with Gasteiger partial charge in [0.05, 0.1) is 29.9 Å². The molecule has 1 aliphatic rings. The van der Waals surface area contributed by atoms with Crippen molar-refractivity contribution in [3.63, 3.8) is 0 Å². The fraction of sp³-hybridized carbons (Fsp3) is 0.400. The van der Waals surface area contributed by atoms with Crippen molar-refractivity contribution in [2.24, 2.45) is 0 Å². The van der Waals surface area contributed by atoms with Crippen LogP contribution >= 0.6 is 0 Å². The number of hydrogen-bond acceptors (Lipinski definition) is 2. The number of halogens is 1. The maximum Gasteiger partial charge on any atom is 0.147 e. The van der Waals surface area contributed by atoms with Crippen LogP contribution in [0.5, 0.6) is 0 Å². The molecule has 0 spiro atoms. The van der Waals surface area contributed by atoms with Gasteiger partial charge in [-0.25, -0.2) is 4.39 Å². The van der Waals surface area contributed by atoms with Gasteiger partial charge in [-0.2, -0.15) is 5.26 Å². The third-order valence-corrected chi connectivity index (χ3v) is 3.71. The number of ether oxygens (including phenoxy) is 1. The lowest BCUT2D eigenvalue weighted by Crippen LogP contribution is -2.15. The summed E-state index contributed by atoms with van der Waals surface area (Å²) in [6.07, 6.45) is 2.64. The summed E-state index contributed by atoms with van der Waals surface area (Å²) in [7, 11) is 0. The number of hydrogen-bond donors (Lipinski definition) is 1. The second-order valence-corrected chi connectivity index (χ2v) is 4.87. The minimum atomic E-state index is -0.307. The molecule has 0 radical (unpaired) electrons. The molecule has 2 aromatic rings. The predicted molar refractivity (Wildman–Crippen MR) is 70.3 cm³/mol. The van der Waals surface area contributed by atoms with Crippen LogP contribution < -0.4 is 0 Å². The third-order valence-electron chi connectivity index (χ3n) is 3.71. The third kappa shape index (κ3) is 1.82. The van der Waals surface area contributed by atoms with Crippen LogP contribution in [0.3, 0.4) is 0 Å². The highest BCUT2D eigenvalue weighted by atomic mass is 19.1. The predicted octanol–water partition coefficient (Wildman–Crippen LogP) is 3.59. The zero-order valence-corrected chi connectivity index (χ0v) is 10.8. The van der Waals surface area contributed by atoms with Crippen molar-refractivity contribution < 1.29 is 9.13 Å². The molecule has 0 bridgehead atoms. The van der Waals surface area contributed by atoms with Crippen molar-refractivity contribution in [2.75, 3.05) is 6.61 Å². The van der Waals surface area contributed by atoms with Crippen LogP contribution in [0.25, 0.3) is 10.9 Å². The Morgan fingerprint density at radius 3 is 3.11 bits per heavy atom. The number of rotatable bonds is 2. The van der Waals surface area contributed by atoms with Crippen LogP contribution in [-0.4, -0.2) is 11.6 Å². The fourth-order valence-electron chi connectivity index (χ4n) is 2.86. The molecule has 4 heteroatoms. The van der Waals surface area contributed by atoms with Gasteiger partial charge < -0.3 is 9.72 Å². The van der Waals surface area contributed by atoms with Crippen molar-refractivity contribution in [3.8, 4) is 6.07 Å². The van der Waals surface area contributed by atoms with Gasteiger partial charge in [0.1, 0.15) is 5.82 Å². The number of nitriles is 1. The molecular weight excluding hydrogens is 243 g/mol. The smallest absolute Gasteiger partial charge is 0.147 e. The van der Waals surface area contributed by atoms with Gasteiger partial charge in [-0.15, -0.1) is 0 Å². The lowest BCUT2D eigenvalue weighted by Gasteiger charge is -2.23. The van der Waals surface area contributed by atoms with Crippen LogP contribution in [0.15, 0.2) is 12.1 Å². The summed E-state index contributed by atoms with van der Waals surface area (Å²) in [4.78, 5) is 3.14. The lowest BCUT2D eigenvalue weighted by molar-refractivity contribution is 0.0339. The SMILES string of the molecule is CCC[C@H]1OCCc2c1[nH]c1c(F)ccc(C#N)c21. The zero-order valence-electron chi connectivity index (χ0n) is 10.8. The first-order valence-electron chi connectivity index (χ1n) is 6.61. The lowest BCUT2D eigenvalue weighted by atomic mass is 9.98. The molecule has 1 aliphatic heterocycles. The molecule has 3 rings (SSSR count). The Balaban J connectivity index is 2.27. The molecule has 1 aromatic carbocycles. The quantitative estimate of drug-likeness (QED) is 0.894. The molecule has 0 saturated carbocycles. The second-order valence-electron chi connectivity index (χ2n) is 4.87. The van der Waals surface area contributed by atoms with Gasteiger partial charge in [-0.3, -0.25) is 0 Å². The van der Waals surface area contributed by atoms with Crippen LogP contribution in [0.2, 0.25) is 0 Å². The molecule has 19 heavy (non-hydrogen) atoms. The normalized spacial score (nSPS) is 18.3. The minimum absolute atomic E-state index is 0.00732. The Morgan fingerprint density at radius 1 is 1.53 bits per heavy atom. The zero-order chi connectivity index (χ0) is 13.4. The largest absolute Gasteiger partial charge is 0.372 e. The van der Waals surface area contributed by atoms with Crippen molar-refractivity contribution >= 4 is 10.9 Å². The maximum absolute atomic E-state index is 13.9. The van der Waals surface area contributed by atoms with Crippen LogP contribution in [0.1, 0.15) is 42.7 Å². The Labute approximate surface area is 111 Å². The summed E-state index contributed by atoms with van der Waals surface area (Å²) in [6, 6.07) is 5.05. The fourth-order valence-corrected chi connectivity index (χ4v) is 2.86. The molecule has 1 atom stereocenters.